The predicted octanol–water partition coefficient (Wildman–Crippen LogP) is 15.6. The van der Waals surface area contributed by atoms with Gasteiger partial charge in [0.05, 0.1) is 11.2 Å². The summed E-state index contributed by atoms with van der Waals surface area (Å²) < 4.78 is 0.668. The van der Waals surface area contributed by atoms with Gasteiger partial charge in [-0.15, -0.1) is 0 Å². The van der Waals surface area contributed by atoms with Crippen molar-refractivity contribution in [3.63, 3.8) is 0 Å². The number of halogens is 6. The lowest BCUT2D eigenvalue weighted by atomic mass is 9.52. The highest BCUT2D eigenvalue weighted by Gasteiger charge is 2.63. The number of benzene rings is 2. The van der Waals surface area contributed by atoms with E-state index in [2.05, 4.69) is 142 Å². The third-order valence-corrected chi connectivity index (χ3v) is 15.8. The van der Waals surface area contributed by atoms with Crippen LogP contribution in [-0.4, -0.2) is 40.2 Å². The molecule has 10 heteroatoms. The van der Waals surface area contributed by atoms with E-state index in [1.165, 1.54) is 33.6 Å². The molecule has 0 radical (unpaired) electrons. The number of hydrogen-bond acceptors (Lipinski definition) is 0. The fourth-order valence-corrected chi connectivity index (χ4v) is 13.2. The van der Waals surface area contributed by atoms with Gasteiger partial charge in [-0.05, 0) is 48.3 Å². The van der Waals surface area contributed by atoms with Gasteiger partial charge in [0.25, 0.3) is 0 Å². The predicted molar refractivity (Wildman–Crippen MR) is 245 cm³/mol. The summed E-state index contributed by atoms with van der Waals surface area (Å²) in [6.07, 6.45) is 6.72. The molecule has 0 unspecified atom stereocenters. The largest absolute Gasteiger partial charge is 0.339 e. The van der Waals surface area contributed by atoms with Gasteiger partial charge in [-0.3, -0.25) is 0 Å². The average molecular weight is 857 g/mol. The lowest BCUT2D eigenvalue weighted by Crippen LogP contribution is -2.64. The van der Waals surface area contributed by atoms with Crippen molar-refractivity contribution < 1.29 is 9.15 Å². The van der Waals surface area contributed by atoms with Crippen LogP contribution in [0.4, 0.5) is 11.4 Å². The Hall–Kier alpha value is -0.350. The van der Waals surface area contributed by atoms with Crippen LogP contribution in [0.15, 0.2) is 36.4 Å². The standard InChI is InChI=1S/2C22H33BCl3N/c2*1-14(2)17-9-8-10-18(15(3)4)19(17)27-20(23(24,25)26)22(7)12-11-21(27,6)13-16(22)5/h2*8-10,14-16H,11-13H2,1-7H3/t2*16-,21-,22+/m10/s1. The lowest BCUT2D eigenvalue weighted by Gasteiger charge is -2.56. The zero-order chi connectivity index (χ0) is 40.7. The molecule has 0 aromatic heterocycles. The van der Waals surface area contributed by atoms with Gasteiger partial charge in [-0.1, -0.05) is 119 Å². The van der Waals surface area contributed by atoms with Crippen molar-refractivity contribution in [1.82, 2.24) is 0 Å². The third-order valence-electron chi connectivity index (χ3n) is 14.5. The van der Waals surface area contributed by atoms with Crippen molar-refractivity contribution in [2.75, 3.05) is 0 Å². The summed E-state index contributed by atoms with van der Waals surface area (Å²) in [6.45, 7) is 32.1. The molecule has 4 bridgehead atoms. The van der Waals surface area contributed by atoms with Crippen LogP contribution in [0.1, 0.15) is 181 Å². The second-order valence-corrected chi connectivity index (χ2v) is 25.1. The number of nitrogens with zero attached hydrogens (tertiary/aromatic N) is 2. The molecule has 6 aliphatic rings. The van der Waals surface area contributed by atoms with E-state index in [-0.39, 0.29) is 21.9 Å². The summed E-state index contributed by atoms with van der Waals surface area (Å²) in [5.74, 6) is 2.67. The van der Waals surface area contributed by atoms with Gasteiger partial charge >= 0.3 is 8.78 Å². The molecule has 2 aromatic rings. The molecular weight excluding hydrogens is 791 g/mol. The molecule has 0 saturated heterocycles. The van der Waals surface area contributed by atoms with E-state index in [0.29, 0.717) is 35.5 Å². The highest BCUT2D eigenvalue weighted by molar-refractivity contribution is 7.75. The Morgan fingerprint density at radius 1 is 0.500 bits per heavy atom. The molecule has 0 amide bonds. The van der Waals surface area contributed by atoms with Crippen molar-refractivity contribution in [2.24, 2.45) is 22.7 Å². The molecule has 4 heterocycles. The van der Waals surface area contributed by atoms with Crippen LogP contribution in [0.25, 0.3) is 0 Å². The summed E-state index contributed by atoms with van der Waals surface area (Å²) in [7, 11) is 0. The Balaban J connectivity index is 0.000000208. The minimum Gasteiger partial charge on any atom is -0.339 e. The summed E-state index contributed by atoms with van der Waals surface area (Å²) in [4.78, 5) is 0. The van der Waals surface area contributed by atoms with Gasteiger partial charge < -0.3 is 68.8 Å². The van der Waals surface area contributed by atoms with Crippen LogP contribution < -0.4 is 0 Å². The molecule has 54 heavy (non-hydrogen) atoms. The minimum absolute atomic E-state index is 0.00713. The van der Waals surface area contributed by atoms with Gasteiger partial charge in [0.2, 0.25) is 11.4 Å². The van der Waals surface area contributed by atoms with E-state index in [0.717, 1.165) is 49.7 Å². The topological polar surface area (TPSA) is 6.02 Å². The highest BCUT2D eigenvalue weighted by atomic mass is 35.6. The molecule has 2 nitrogen and oxygen atoms in total. The van der Waals surface area contributed by atoms with Crippen LogP contribution in [-0.2, 0) is 0 Å². The Morgan fingerprint density at radius 3 is 0.963 bits per heavy atom. The van der Waals surface area contributed by atoms with Crippen LogP contribution in [0, 0.1) is 22.7 Å². The van der Waals surface area contributed by atoms with Crippen LogP contribution >= 0.6 is 68.8 Å². The van der Waals surface area contributed by atoms with Gasteiger partial charge in [-0.25, -0.2) is 9.15 Å². The fraction of sp³-hybridized carbons (Fsp3) is 0.682. The lowest BCUT2D eigenvalue weighted by molar-refractivity contribution is -0.555. The number of para-hydroxylation sites is 2. The molecule has 2 aromatic carbocycles. The normalized spacial score (nSPS) is 31.3. The Labute approximate surface area is 358 Å². The monoisotopic (exact) mass is 854 g/mol. The van der Waals surface area contributed by atoms with Gasteiger partial charge in [0.1, 0.15) is 0 Å². The first-order chi connectivity index (χ1) is 24.7. The Bertz CT molecular complexity index is 1640. The molecular formula is C44H66B2Cl6N2. The van der Waals surface area contributed by atoms with Gasteiger partial charge in [-0.2, -0.15) is 0 Å². The molecule has 300 valence electrons. The van der Waals surface area contributed by atoms with Crippen LogP contribution in [0.2, 0.25) is 0 Å². The zero-order valence-corrected chi connectivity index (χ0v) is 40.0. The highest BCUT2D eigenvalue weighted by Crippen LogP contribution is 2.59. The maximum atomic E-state index is 6.75. The quantitative estimate of drug-likeness (QED) is 0.184. The maximum Gasteiger partial charge on any atom is 0.334 e. The molecule has 6 atom stereocenters. The van der Waals surface area contributed by atoms with Crippen molar-refractivity contribution in [2.45, 2.75) is 170 Å². The van der Waals surface area contributed by atoms with Crippen molar-refractivity contribution in [3.05, 3.63) is 58.7 Å². The van der Waals surface area contributed by atoms with Crippen LogP contribution in [0.5, 0.6) is 0 Å². The molecule has 8 rings (SSSR count). The number of fused-ring (bicyclic) bond motifs is 4. The molecule has 2 saturated carbocycles. The fourth-order valence-electron chi connectivity index (χ4n) is 11.1. The second kappa shape index (κ2) is 15.4. The van der Waals surface area contributed by atoms with Crippen molar-refractivity contribution in [1.29, 1.82) is 0 Å². The summed E-state index contributed by atoms with van der Waals surface area (Å²) in [6, 6.07) is 13.4. The number of hydrogen-bond donors (Lipinski definition) is 0. The molecule has 4 aliphatic heterocycles. The molecule has 0 N–H and O–H groups in total. The van der Waals surface area contributed by atoms with E-state index in [1.807, 2.05) is 0 Å². The smallest absolute Gasteiger partial charge is 0.334 e. The minimum atomic E-state index is -2.16. The van der Waals surface area contributed by atoms with Gasteiger partial charge in [0.15, 0.2) is 11.1 Å². The third kappa shape index (κ3) is 7.65. The summed E-state index contributed by atoms with van der Waals surface area (Å²) in [5.41, 5.74) is 9.94. The molecule has 2 aliphatic carbocycles. The average Bonchev–Trinajstić information content (AvgIpc) is 3.04. The maximum absolute atomic E-state index is 6.75. The summed E-state index contributed by atoms with van der Waals surface area (Å²) in [5, 5.41) is 0. The zero-order valence-electron chi connectivity index (χ0n) is 35.5. The first-order valence-electron chi connectivity index (χ1n) is 20.7. The van der Waals surface area contributed by atoms with Crippen molar-refractivity contribution in [3.8, 4) is 0 Å². The van der Waals surface area contributed by atoms with Crippen molar-refractivity contribution >= 4 is 100 Å². The molecule has 0 spiro atoms. The van der Waals surface area contributed by atoms with E-state index in [9.17, 15) is 0 Å². The Kier molecular flexibility index (Phi) is 12.7. The van der Waals surface area contributed by atoms with Crippen LogP contribution in [0.3, 0.4) is 0 Å². The second-order valence-electron chi connectivity index (χ2n) is 19.8. The van der Waals surface area contributed by atoms with E-state index < -0.39 is 8.78 Å². The summed E-state index contributed by atoms with van der Waals surface area (Å²) >= 11 is 40.5. The van der Waals surface area contributed by atoms with Gasteiger partial charge in [0, 0.05) is 72.6 Å². The SMILES string of the molecule is CC(C)c1cccc(C(C)C)c1[N+]1=C([B-](Cl)(Cl)Cl)[C@@]2(C)CC[C@]1(C)C[C@H]2C.CC(C)c1cccc(C(C)C)c1[N+]1=C([B-](Cl)(Cl)Cl)[C@]2(C)CC[C@@]1(C)C[C@@H]2C. The van der Waals surface area contributed by atoms with E-state index >= 15 is 0 Å². The Morgan fingerprint density at radius 2 is 0.759 bits per heavy atom. The first kappa shape index (κ1) is 44.7. The van der Waals surface area contributed by atoms with E-state index in [1.54, 1.807) is 0 Å². The first-order valence-corrected chi connectivity index (χ1v) is 23.3. The number of rotatable bonds is 8. The van der Waals surface area contributed by atoms with E-state index in [4.69, 9.17) is 68.8 Å². The molecule has 2 fully saturated rings.